The fraction of sp³-hybridized carbons (Fsp3) is 0.100. The fourth-order valence-corrected chi connectivity index (χ4v) is 1.72. The molecule has 0 atom stereocenters. The van der Waals surface area contributed by atoms with Crippen molar-refractivity contribution in [1.82, 2.24) is 9.55 Å². The van der Waals surface area contributed by atoms with Crippen LogP contribution in [-0.2, 0) is 6.54 Å². The second-order valence-corrected chi connectivity index (χ2v) is 3.19. The van der Waals surface area contributed by atoms with Gasteiger partial charge in [0.25, 0.3) is 5.91 Å². The van der Waals surface area contributed by atoms with Gasteiger partial charge in [0.2, 0.25) is 0 Å². The highest BCUT2D eigenvalue weighted by Gasteiger charge is 2.14. The van der Waals surface area contributed by atoms with Gasteiger partial charge < -0.3 is 4.57 Å². The molecule has 3 rings (SSSR count). The van der Waals surface area contributed by atoms with Gasteiger partial charge in [-0.1, -0.05) is 6.07 Å². The second kappa shape index (κ2) is 2.51. The normalized spacial score (nSPS) is 14.7. The summed E-state index contributed by atoms with van der Waals surface area (Å²) >= 11 is 0. The van der Waals surface area contributed by atoms with Crippen molar-refractivity contribution >= 4 is 23.2 Å². The molecule has 0 radical (unpaired) electrons. The summed E-state index contributed by atoms with van der Waals surface area (Å²) in [5.74, 6) is -0.185. The van der Waals surface area contributed by atoms with Crippen LogP contribution in [0, 0.1) is 0 Å². The third-order valence-corrected chi connectivity index (χ3v) is 2.36. The molecule has 0 spiro atoms. The van der Waals surface area contributed by atoms with E-state index in [1.807, 2.05) is 16.7 Å². The van der Waals surface area contributed by atoms with Gasteiger partial charge in [0.05, 0.1) is 29.5 Å². The number of hydrogen-bond donors (Lipinski definition) is 0. The Morgan fingerprint density at radius 2 is 2.29 bits per heavy atom. The maximum absolute atomic E-state index is 11.6. The van der Waals surface area contributed by atoms with E-state index in [0.717, 1.165) is 11.0 Å². The van der Waals surface area contributed by atoms with Crippen LogP contribution >= 0.6 is 0 Å². The first-order valence-corrected chi connectivity index (χ1v) is 4.37. The van der Waals surface area contributed by atoms with Crippen LogP contribution in [0.4, 0.5) is 0 Å². The van der Waals surface area contributed by atoms with Crippen LogP contribution in [0.3, 0.4) is 0 Å². The monoisotopic (exact) mass is 185 g/mol. The van der Waals surface area contributed by atoms with Crippen molar-refractivity contribution in [1.29, 1.82) is 0 Å². The molecule has 68 valence electrons. The Kier molecular flexibility index (Phi) is 1.33. The number of aromatic nitrogens is 2. The number of nitrogens with zero attached hydrogens (tertiary/aromatic N) is 3. The molecule has 0 unspecified atom stereocenters. The summed E-state index contributed by atoms with van der Waals surface area (Å²) in [7, 11) is 0. The van der Waals surface area contributed by atoms with Crippen LogP contribution in [-0.4, -0.2) is 21.7 Å². The van der Waals surface area contributed by atoms with E-state index in [-0.39, 0.29) is 5.91 Å². The minimum absolute atomic E-state index is 0.185. The summed E-state index contributed by atoms with van der Waals surface area (Å²) < 4.78 is 1.93. The van der Waals surface area contributed by atoms with Gasteiger partial charge in [-0.15, -0.1) is 0 Å². The molecule has 0 aliphatic carbocycles. The molecule has 1 aliphatic rings. The first kappa shape index (κ1) is 7.44. The molecule has 1 aromatic carbocycles. The van der Waals surface area contributed by atoms with Gasteiger partial charge in [0.1, 0.15) is 0 Å². The zero-order chi connectivity index (χ0) is 9.54. The predicted octanol–water partition coefficient (Wildman–Crippen LogP) is 1.26. The Morgan fingerprint density at radius 1 is 1.36 bits per heavy atom. The number of hydrogen-bond acceptors (Lipinski definition) is 2. The van der Waals surface area contributed by atoms with E-state index in [4.69, 9.17) is 0 Å². The van der Waals surface area contributed by atoms with Crippen molar-refractivity contribution in [3.8, 4) is 0 Å². The van der Waals surface area contributed by atoms with Gasteiger partial charge in [-0.3, -0.25) is 4.79 Å². The first-order chi connectivity index (χ1) is 6.86. The molecule has 14 heavy (non-hydrogen) atoms. The lowest BCUT2D eigenvalue weighted by molar-refractivity contribution is 0.100. The number of rotatable bonds is 0. The largest absolute Gasteiger partial charge is 0.324 e. The van der Waals surface area contributed by atoms with E-state index < -0.39 is 0 Å². The molecule has 0 bridgehead atoms. The lowest BCUT2D eigenvalue weighted by Crippen LogP contribution is -1.96. The van der Waals surface area contributed by atoms with Gasteiger partial charge in [0, 0.05) is 6.21 Å². The van der Waals surface area contributed by atoms with E-state index in [1.54, 1.807) is 18.6 Å². The van der Waals surface area contributed by atoms with Gasteiger partial charge in [0.15, 0.2) is 0 Å². The zero-order valence-corrected chi connectivity index (χ0v) is 7.34. The minimum Gasteiger partial charge on any atom is -0.324 e. The molecule has 4 heteroatoms. The number of aliphatic imine (C=N–C) groups is 1. The number of amides is 1. The van der Waals surface area contributed by atoms with Gasteiger partial charge in [-0.25, -0.2) is 9.98 Å². The Bertz CT molecular complexity index is 553. The molecule has 2 aromatic rings. The second-order valence-electron chi connectivity index (χ2n) is 3.19. The SMILES string of the molecule is O=C1N=CCn2cnc3cccc1c32. The van der Waals surface area contributed by atoms with Crippen molar-refractivity contribution in [3.05, 3.63) is 30.1 Å². The average molecular weight is 185 g/mol. The average Bonchev–Trinajstić information content (AvgIpc) is 2.53. The Hall–Kier alpha value is -1.97. The van der Waals surface area contributed by atoms with Crippen LogP contribution in [0.5, 0.6) is 0 Å². The van der Waals surface area contributed by atoms with Crippen molar-refractivity contribution in [2.75, 3.05) is 0 Å². The van der Waals surface area contributed by atoms with Crippen molar-refractivity contribution in [2.45, 2.75) is 6.54 Å². The summed E-state index contributed by atoms with van der Waals surface area (Å²) in [6.07, 6.45) is 3.35. The summed E-state index contributed by atoms with van der Waals surface area (Å²) in [5, 5.41) is 0. The molecule has 0 saturated carbocycles. The molecule has 1 amide bonds. The van der Waals surface area contributed by atoms with Crippen molar-refractivity contribution in [3.63, 3.8) is 0 Å². The highest BCUT2D eigenvalue weighted by molar-refractivity contribution is 6.08. The van der Waals surface area contributed by atoms with E-state index >= 15 is 0 Å². The summed E-state index contributed by atoms with van der Waals surface area (Å²) in [4.78, 5) is 19.6. The quantitative estimate of drug-likeness (QED) is 0.620. The van der Waals surface area contributed by atoms with Crippen molar-refractivity contribution < 1.29 is 4.79 Å². The van der Waals surface area contributed by atoms with Crippen LogP contribution in [0.1, 0.15) is 10.4 Å². The van der Waals surface area contributed by atoms with Crippen LogP contribution in [0.15, 0.2) is 29.5 Å². The molecule has 0 N–H and O–H groups in total. The molecule has 1 aliphatic heterocycles. The molecular formula is C10H7N3O. The summed E-state index contributed by atoms with van der Waals surface area (Å²) in [5.41, 5.74) is 2.37. The fourth-order valence-electron chi connectivity index (χ4n) is 1.72. The summed E-state index contributed by atoms with van der Waals surface area (Å²) in [6.45, 7) is 0.610. The highest BCUT2D eigenvalue weighted by Crippen LogP contribution is 2.19. The third kappa shape index (κ3) is 0.849. The van der Waals surface area contributed by atoms with E-state index in [2.05, 4.69) is 9.98 Å². The molecule has 0 saturated heterocycles. The number of imidazole rings is 1. The van der Waals surface area contributed by atoms with E-state index in [0.29, 0.717) is 12.1 Å². The third-order valence-electron chi connectivity index (χ3n) is 2.36. The predicted molar refractivity (Wildman–Crippen MR) is 52.6 cm³/mol. The van der Waals surface area contributed by atoms with Gasteiger partial charge in [-0.2, -0.15) is 0 Å². The van der Waals surface area contributed by atoms with E-state index in [1.165, 1.54) is 0 Å². The number of carbonyl (C=O) groups is 1. The number of carbonyl (C=O) groups excluding carboxylic acids is 1. The number of benzene rings is 1. The van der Waals surface area contributed by atoms with E-state index in [9.17, 15) is 4.79 Å². The molecule has 4 nitrogen and oxygen atoms in total. The molecule has 2 heterocycles. The first-order valence-electron chi connectivity index (χ1n) is 4.37. The zero-order valence-electron chi connectivity index (χ0n) is 7.34. The number of para-hydroxylation sites is 1. The van der Waals surface area contributed by atoms with Crippen LogP contribution in [0.25, 0.3) is 11.0 Å². The lowest BCUT2D eigenvalue weighted by Gasteiger charge is -1.99. The molecule has 0 fully saturated rings. The topological polar surface area (TPSA) is 47.2 Å². The van der Waals surface area contributed by atoms with Crippen LogP contribution in [0.2, 0.25) is 0 Å². The minimum atomic E-state index is -0.185. The molecule has 1 aromatic heterocycles. The Morgan fingerprint density at radius 3 is 3.21 bits per heavy atom. The van der Waals surface area contributed by atoms with Gasteiger partial charge in [-0.05, 0) is 12.1 Å². The molecular weight excluding hydrogens is 178 g/mol. The standard InChI is InChI=1S/C10H7N3O/c14-10-7-2-1-3-8-9(7)13(6-12-8)5-4-11-10/h1-4,6H,5H2. The lowest BCUT2D eigenvalue weighted by atomic mass is 10.2. The van der Waals surface area contributed by atoms with Gasteiger partial charge >= 0.3 is 0 Å². The Labute approximate surface area is 79.9 Å². The van der Waals surface area contributed by atoms with Crippen molar-refractivity contribution in [2.24, 2.45) is 4.99 Å². The summed E-state index contributed by atoms with van der Waals surface area (Å²) in [6, 6.07) is 5.51. The highest BCUT2D eigenvalue weighted by atomic mass is 16.1. The van der Waals surface area contributed by atoms with Crippen LogP contribution < -0.4 is 0 Å². The maximum atomic E-state index is 11.6. The Balaban J connectivity index is 2.50. The smallest absolute Gasteiger partial charge is 0.278 e. The maximum Gasteiger partial charge on any atom is 0.278 e.